The van der Waals surface area contributed by atoms with Crippen molar-refractivity contribution in [2.75, 3.05) is 32.8 Å². The molecule has 0 saturated carbocycles. The Morgan fingerprint density at radius 1 is 1.00 bits per heavy atom. The molecule has 0 bridgehead atoms. The number of nitrogens with one attached hydrogen (secondary N) is 2. The van der Waals surface area contributed by atoms with Crippen molar-refractivity contribution >= 4 is 11.7 Å². The quantitative estimate of drug-likeness (QED) is 0.839. The second kappa shape index (κ2) is 7.65. The predicted octanol–water partition coefficient (Wildman–Crippen LogP) is 3.53. The molecule has 2 amide bonds. The number of ether oxygens (including phenoxy) is 4. The highest BCUT2D eigenvalue weighted by Gasteiger charge is 2.25. The first-order valence-corrected chi connectivity index (χ1v) is 8.64. The SMILES string of the molecule is COc1ccc(NC(=O)NC(C)(C)c2ccc3c(c2)OCCO3)c(OC)c1. The summed E-state index contributed by atoms with van der Waals surface area (Å²) < 4.78 is 21.7. The van der Waals surface area contributed by atoms with Crippen molar-refractivity contribution in [3.63, 3.8) is 0 Å². The number of amides is 2. The van der Waals surface area contributed by atoms with E-state index in [9.17, 15) is 4.79 Å². The molecule has 0 unspecified atom stereocenters. The van der Waals surface area contributed by atoms with Crippen LogP contribution < -0.4 is 29.6 Å². The molecule has 0 radical (unpaired) electrons. The van der Waals surface area contributed by atoms with Gasteiger partial charge in [0.05, 0.1) is 25.4 Å². The first-order chi connectivity index (χ1) is 12.9. The van der Waals surface area contributed by atoms with Crippen molar-refractivity contribution in [2.45, 2.75) is 19.4 Å². The minimum absolute atomic E-state index is 0.349. The molecule has 0 saturated heterocycles. The number of fused-ring (bicyclic) bond motifs is 1. The van der Waals surface area contributed by atoms with Crippen LogP contribution in [0.1, 0.15) is 19.4 Å². The van der Waals surface area contributed by atoms with Crippen LogP contribution in [-0.4, -0.2) is 33.5 Å². The fourth-order valence-electron chi connectivity index (χ4n) is 2.84. The van der Waals surface area contributed by atoms with Crippen LogP contribution in [0.2, 0.25) is 0 Å². The summed E-state index contributed by atoms with van der Waals surface area (Å²) >= 11 is 0. The number of carbonyl (C=O) groups excluding carboxylic acids is 1. The lowest BCUT2D eigenvalue weighted by Crippen LogP contribution is -2.43. The van der Waals surface area contributed by atoms with Crippen LogP contribution in [-0.2, 0) is 5.54 Å². The first kappa shape index (κ1) is 18.7. The summed E-state index contributed by atoms with van der Waals surface area (Å²) in [6, 6.07) is 10.5. The molecule has 2 N–H and O–H groups in total. The van der Waals surface area contributed by atoms with E-state index >= 15 is 0 Å². The number of benzene rings is 2. The minimum Gasteiger partial charge on any atom is -0.497 e. The Hall–Kier alpha value is -3.09. The topological polar surface area (TPSA) is 78.1 Å². The zero-order valence-electron chi connectivity index (χ0n) is 15.9. The van der Waals surface area contributed by atoms with Gasteiger partial charge in [-0.2, -0.15) is 0 Å². The Morgan fingerprint density at radius 3 is 2.44 bits per heavy atom. The van der Waals surface area contributed by atoms with Crippen LogP contribution in [0.25, 0.3) is 0 Å². The van der Waals surface area contributed by atoms with Gasteiger partial charge in [-0.05, 0) is 43.7 Å². The van der Waals surface area contributed by atoms with Crippen LogP contribution in [0.5, 0.6) is 23.0 Å². The Balaban J connectivity index is 1.73. The maximum absolute atomic E-state index is 12.5. The van der Waals surface area contributed by atoms with E-state index in [2.05, 4.69) is 10.6 Å². The number of hydrogen-bond donors (Lipinski definition) is 2. The number of methoxy groups -OCH3 is 2. The van der Waals surface area contributed by atoms with Crippen LogP contribution in [0.4, 0.5) is 10.5 Å². The molecule has 2 aromatic carbocycles. The molecule has 144 valence electrons. The zero-order chi connectivity index (χ0) is 19.4. The molecule has 7 heteroatoms. The van der Waals surface area contributed by atoms with Gasteiger partial charge in [-0.3, -0.25) is 0 Å². The van der Waals surface area contributed by atoms with Crippen LogP contribution in [0.3, 0.4) is 0 Å². The van der Waals surface area contributed by atoms with E-state index in [0.717, 1.165) is 5.56 Å². The molecular weight excluding hydrogens is 348 g/mol. The number of carbonyl (C=O) groups is 1. The van der Waals surface area contributed by atoms with Crippen molar-refractivity contribution in [1.29, 1.82) is 0 Å². The second-order valence-corrected chi connectivity index (χ2v) is 6.63. The van der Waals surface area contributed by atoms with Crippen molar-refractivity contribution < 1.29 is 23.7 Å². The second-order valence-electron chi connectivity index (χ2n) is 6.63. The number of anilines is 1. The maximum atomic E-state index is 12.5. The molecule has 0 aliphatic carbocycles. The fourth-order valence-corrected chi connectivity index (χ4v) is 2.84. The van der Waals surface area contributed by atoms with Crippen molar-refractivity contribution in [1.82, 2.24) is 5.32 Å². The normalized spacial score (nSPS) is 12.9. The summed E-state index contributed by atoms with van der Waals surface area (Å²) in [5, 5.41) is 5.79. The highest BCUT2D eigenvalue weighted by atomic mass is 16.6. The largest absolute Gasteiger partial charge is 0.497 e. The Kier molecular flexibility index (Phi) is 5.30. The average molecular weight is 372 g/mol. The standard InChI is InChI=1S/C20H24N2O5/c1-20(2,13-5-8-16-18(11-13)27-10-9-26-16)22-19(23)21-15-7-6-14(24-3)12-17(15)25-4/h5-8,11-12H,9-10H2,1-4H3,(H2,21,22,23). The third kappa shape index (κ3) is 4.19. The smallest absolute Gasteiger partial charge is 0.320 e. The van der Waals surface area contributed by atoms with E-state index in [4.69, 9.17) is 18.9 Å². The van der Waals surface area contributed by atoms with Gasteiger partial charge < -0.3 is 29.6 Å². The van der Waals surface area contributed by atoms with Gasteiger partial charge in [-0.25, -0.2) is 4.79 Å². The minimum atomic E-state index is -0.625. The third-order valence-corrected chi connectivity index (χ3v) is 4.35. The van der Waals surface area contributed by atoms with E-state index < -0.39 is 5.54 Å². The monoisotopic (exact) mass is 372 g/mol. The van der Waals surface area contributed by atoms with Gasteiger partial charge >= 0.3 is 6.03 Å². The summed E-state index contributed by atoms with van der Waals surface area (Å²) in [7, 11) is 3.11. The molecule has 7 nitrogen and oxygen atoms in total. The molecule has 3 rings (SSSR count). The first-order valence-electron chi connectivity index (χ1n) is 8.64. The van der Waals surface area contributed by atoms with E-state index in [-0.39, 0.29) is 6.03 Å². The Morgan fingerprint density at radius 2 is 1.74 bits per heavy atom. The lowest BCUT2D eigenvalue weighted by molar-refractivity contribution is 0.171. The van der Waals surface area contributed by atoms with Crippen LogP contribution in [0, 0.1) is 0 Å². The van der Waals surface area contributed by atoms with Crippen molar-refractivity contribution in [3.8, 4) is 23.0 Å². The molecule has 0 aromatic heterocycles. The lowest BCUT2D eigenvalue weighted by atomic mass is 9.94. The molecule has 2 aromatic rings. The lowest BCUT2D eigenvalue weighted by Gasteiger charge is -2.29. The third-order valence-electron chi connectivity index (χ3n) is 4.35. The molecule has 1 aliphatic heterocycles. The Bertz CT molecular complexity index is 835. The predicted molar refractivity (Wildman–Crippen MR) is 102 cm³/mol. The van der Waals surface area contributed by atoms with E-state index in [1.165, 1.54) is 7.11 Å². The number of rotatable bonds is 5. The van der Waals surface area contributed by atoms with Crippen molar-refractivity contribution in [2.24, 2.45) is 0 Å². The summed E-state index contributed by atoms with van der Waals surface area (Å²) in [5.74, 6) is 2.56. The molecule has 0 fully saturated rings. The van der Waals surface area contributed by atoms with Gasteiger partial charge in [0, 0.05) is 6.07 Å². The molecule has 0 spiro atoms. The summed E-state index contributed by atoms with van der Waals surface area (Å²) in [6.07, 6.45) is 0. The highest BCUT2D eigenvalue weighted by molar-refractivity contribution is 5.91. The fraction of sp³-hybridized carbons (Fsp3) is 0.350. The van der Waals surface area contributed by atoms with Gasteiger partial charge in [0.15, 0.2) is 11.5 Å². The molecule has 27 heavy (non-hydrogen) atoms. The van der Waals surface area contributed by atoms with Gasteiger partial charge in [0.25, 0.3) is 0 Å². The van der Waals surface area contributed by atoms with E-state index in [0.29, 0.717) is 41.9 Å². The van der Waals surface area contributed by atoms with E-state index in [1.54, 1.807) is 25.3 Å². The van der Waals surface area contributed by atoms with Gasteiger partial charge in [0.2, 0.25) is 0 Å². The zero-order valence-corrected chi connectivity index (χ0v) is 15.9. The Labute approximate surface area is 158 Å². The molecular formula is C20H24N2O5. The number of urea groups is 1. The summed E-state index contributed by atoms with van der Waals surface area (Å²) in [5.41, 5.74) is 0.831. The van der Waals surface area contributed by atoms with Gasteiger partial charge in [-0.1, -0.05) is 6.07 Å². The maximum Gasteiger partial charge on any atom is 0.320 e. The van der Waals surface area contributed by atoms with Crippen molar-refractivity contribution in [3.05, 3.63) is 42.0 Å². The molecule has 1 heterocycles. The summed E-state index contributed by atoms with van der Waals surface area (Å²) in [4.78, 5) is 12.5. The molecule has 0 atom stereocenters. The summed E-state index contributed by atoms with van der Waals surface area (Å²) in [6.45, 7) is 4.90. The van der Waals surface area contributed by atoms with Gasteiger partial charge in [0.1, 0.15) is 24.7 Å². The number of hydrogen-bond acceptors (Lipinski definition) is 5. The average Bonchev–Trinajstić information content (AvgIpc) is 2.67. The highest BCUT2D eigenvalue weighted by Crippen LogP contribution is 2.34. The van der Waals surface area contributed by atoms with Crippen LogP contribution >= 0.6 is 0 Å². The van der Waals surface area contributed by atoms with Gasteiger partial charge in [-0.15, -0.1) is 0 Å². The molecule has 1 aliphatic rings. The van der Waals surface area contributed by atoms with E-state index in [1.807, 2.05) is 32.0 Å². The van der Waals surface area contributed by atoms with Crippen LogP contribution in [0.15, 0.2) is 36.4 Å².